The van der Waals surface area contributed by atoms with Crippen LogP contribution in [0, 0.1) is 6.92 Å². The molecule has 8 heteroatoms. The fourth-order valence-electron chi connectivity index (χ4n) is 6.39. The van der Waals surface area contributed by atoms with Crippen LogP contribution in [0.2, 0.25) is 0 Å². The predicted molar refractivity (Wildman–Crippen MR) is 146 cm³/mol. The molecule has 37 heavy (non-hydrogen) atoms. The molecule has 4 heterocycles. The van der Waals surface area contributed by atoms with Crippen LogP contribution in [0.5, 0.6) is 11.5 Å². The Morgan fingerprint density at radius 3 is 2.38 bits per heavy atom. The molecule has 0 bridgehead atoms. The van der Waals surface area contributed by atoms with E-state index in [0.717, 1.165) is 66.5 Å². The quantitative estimate of drug-likeness (QED) is 0.564. The summed E-state index contributed by atoms with van der Waals surface area (Å²) in [7, 11) is 5.38. The summed E-state index contributed by atoms with van der Waals surface area (Å²) in [5.74, 6) is 1.70. The van der Waals surface area contributed by atoms with Crippen LogP contribution in [0.15, 0.2) is 30.0 Å². The maximum absolute atomic E-state index is 13.8. The number of aromatic nitrogens is 2. The number of ether oxygens (including phenoxy) is 2. The maximum Gasteiger partial charge on any atom is 0.325 e. The predicted octanol–water partition coefficient (Wildman–Crippen LogP) is 5.07. The molecule has 2 fully saturated rings. The van der Waals surface area contributed by atoms with E-state index in [9.17, 15) is 4.79 Å². The number of hydrogen-bond acceptors (Lipinski definition) is 5. The molecule has 2 amide bonds. The smallest absolute Gasteiger partial charge is 0.325 e. The largest absolute Gasteiger partial charge is 0.497 e. The number of fused-ring (bicyclic) bond motifs is 3. The molecule has 8 nitrogen and oxygen atoms in total. The number of likely N-dealkylation sites (N-methyl/N-ethyl adjacent to an activating group) is 1. The van der Waals surface area contributed by atoms with Crippen LogP contribution >= 0.6 is 0 Å². The Morgan fingerprint density at radius 1 is 1.11 bits per heavy atom. The monoisotopic (exact) mass is 509 g/mol. The summed E-state index contributed by atoms with van der Waals surface area (Å²) >= 11 is 0. The van der Waals surface area contributed by atoms with Crippen LogP contribution in [-0.2, 0) is 20.1 Å². The van der Waals surface area contributed by atoms with E-state index >= 15 is 0 Å². The first-order valence-electron chi connectivity index (χ1n) is 13.6. The van der Waals surface area contributed by atoms with Gasteiger partial charge < -0.3 is 14.4 Å². The maximum atomic E-state index is 13.8. The number of piperidine rings is 1. The normalized spacial score (nSPS) is 20.6. The Labute approximate surface area is 221 Å². The summed E-state index contributed by atoms with van der Waals surface area (Å²) in [6, 6.07) is 6.27. The highest BCUT2D eigenvalue weighted by Gasteiger charge is 2.54. The molecule has 3 aliphatic rings. The average Bonchev–Trinajstić information content (AvgIpc) is 3.25. The number of rotatable bonds is 5. The van der Waals surface area contributed by atoms with Gasteiger partial charge >= 0.3 is 6.03 Å². The number of hydrogen-bond donors (Lipinski definition) is 0. The van der Waals surface area contributed by atoms with Crippen molar-refractivity contribution in [2.75, 3.05) is 33.9 Å². The first-order chi connectivity index (χ1) is 17.8. The number of benzene rings is 1. The molecule has 1 atom stereocenters. The minimum absolute atomic E-state index is 0.108. The van der Waals surface area contributed by atoms with Crippen molar-refractivity contribution in [3.63, 3.8) is 0 Å². The van der Waals surface area contributed by atoms with E-state index in [1.807, 2.05) is 43.5 Å². The van der Waals surface area contributed by atoms with Gasteiger partial charge in [0, 0.05) is 56.5 Å². The molecule has 2 aromatic rings. The molecule has 202 valence electrons. The standard InChI is InChI=1S/C27H37N5O3.C2H6/c1-7-32-26(33)31-16-20-14-22(34-5)15-23(35-6)25(20)18(2)12-24(31)27(32)8-10-30(11-9-27)17-21-13-19(3)28-29(21)4;1-2/h12-15,18H,7-11,16-17H2,1-6H3;1-2H3/t18-;/m0./s1. The van der Waals surface area contributed by atoms with Gasteiger partial charge in [-0.1, -0.05) is 26.8 Å². The molecule has 0 radical (unpaired) electrons. The van der Waals surface area contributed by atoms with Crippen molar-refractivity contribution in [3.05, 3.63) is 52.5 Å². The van der Waals surface area contributed by atoms with Crippen molar-refractivity contribution in [2.45, 2.75) is 72.0 Å². The third kappa shape index (κ3) is 4.60. The molecule has 0 unspecified atom stereocenters. The summed E-state index contributed by atoms with van der Waals surface area (Å²) in [5, 5.41) is 4.50. The minimum atomic E-state index is -0.266. The number of urea groups is 1. The number of carbonyl (C=O) groups is 1. The van der Waals surface area contributed by atoms with E-state index in [4.69, 9.17) is 9.47 Å². The number of methoxy groups -OCH3 is 2. The number of likely N-dealkylation sites (tertiary alicyclic amines) is 1. The Bertz CT molecular complexity index is 1160. The van der Waals surface area contributed by atoms with Crippen molar-refractivity contribution in [3.8, 4) is 11.5 Å². The van der Waals surface area contributed by atoms with Gasteiger partial charge in [-0.05, 0) is 44.4 Å². The first-order valence-corrected chi connectivity index (χ1v) is 13.6. The van der Waals surface area contributed by atoms with E-state index in [-0.39, 0.29) is 17.5 Å². The Kier molecular flexibility index (Phi) is 7.88. The Balaban J connectivity index is 0.00000156. The number of nitrogens with zero attached hydrogens (tertiary/aromatic N) is 5. The van der Waals surface area contributed by atoms with Crippen LogP contribution in [0.25, 0.3) is 0 Å². The molecule has 3 aliphatic heterocycles. The summed E-state index contributed by atoms with van der Waals surface area (Å²) < 4.78 is 13.3. The van der Waals surface area contributed by atoms with Gasteiger partial charge in [-0.3, -0.25) is 14.5 Å². The van der Waals surface area contributed by atoms with Crippen LogP contribution in [0.4, 0.5) is 4.79 Å². The van der Waals surface area contributed by atoms with Gasteiger partial charge in [0.2, 0.25) is 0 Å². The van der Waals surface area contributed by atoms with Crippen molar-refractivity contribution in [1.82, 2.24) is 24.5 Å². The van der Waals surface area contributed by atoms with Gasteiger partial charge in [-0.2, -0.15) is 5.10 Å². The zero-order valence-corrected chi connectivity index (χ0v) is 23.8. The van der Waals surface area contributed by atoms with Crippen LogP contribution in [0.1, 0.15) is 69.0 Å². The first kappa shape index (κ1) is 27.0. The molecule has 0 aliphatic carbocycles. The van der Waals surface area contributed by atoms with Gasteiger partial charge in [0.25, 0.3) is 0 Å². The molecule has 1 aromatic carbocycles. The number of allylic oxidation sites excluding steroid dienone is 1. The minimum Gasteiger partial charge on any atom is -0.497 e. The molecule has 0 saturated carbocycles. The van der Waals surface area contributed by atoms with Gasteiger partial charge in [-0.15, -0.1) is 0 Å². The van der Waals surface area contributed by atoms with Crippen LogP contribution < -0.4 is 9.47 Å². The fraction of sp³-hybridized carbons (Fsp3) is 0.586. The lowest BCUT2D eigenvalue weighted by atomic mass is 9.82. The second-order valence-electron chi connectivity index (χ2n) is 10.1. The Morgan fingerprint density at radius 2 is 1.81 bits per heavy atom. The van der Waals surface area contributed by atoms with E-state index in [2.05, 4.69) is 47.0 Å². The lowest BCUT2D eigenvalue weighted by Crippen LogP contribution is -2.53. The average molecular weight is 510 g/mol. The number of carbonyl (C=O) groups excluding carboxylic acids is 1. The van der Waals surface area contributed by atoms with Gasteiger partial charge in [0.1, 0.15) is 11.5 Å². The van der Waals surface area contributed by atoms with Crippen molar-refractivity contribution in [2.24, 2.45) is 7.05 Å². The van der Waals surface area contributed by atoms with E-state index in [0.29, 0.717) is 13.1 Å². The summed E-state index contributed by atoms with van der Waals surface area (Å²) in [5.41, 5.74) is 5.40. The van der Waals surface area contributed by atoms with E-state index in [1.165, 1.54) is 5.69 Å². The lowest BCUT2D eigenvalue weighted by Gasteiger charge is -2.44. The zero-order chi connectivity index (χ0) is 26.9. The van der Waals surface area contributed by atoms with E-state index in [1.54, 1.807) is 14.2 Å². The Hall–Kier alpha value is -3.00. The lowest BCUT2D eigenvalue weighted by molar-refractivity contribution is 0.0876. The van der Waals surface area contributed by atoms with Gasteiger partial charge in [-0.25, -0.2) is 4.79 Å². The molecule has 1 spiro atoms. The zero-order valence-electron chi connectivity index (χ0n) is 23.8. The second kappa shape index (κ2) is 10.8. The van der Waals surface area contributed by atoms with E-state index < -0.39 is 0 Å². The highest BCUT2D eigenvalue weighted by atomic mass is 16.5. The summed E-state index contributed by atoms with van der Waals surface area (Å²) in [6.45, 7) is 14.3. The van der Waals surface area contributed by atoms with Crippen LogP contribution in [0.3, 0.4) is 0 Å². The van der Waals surface area contributed by atoms with Crippen molar-refractivity contribution < 1.29 is 14.3 Å². The highest BCUT2D eigenvalue weighted by Crippen LogP contribution is 2.49. The molecule has 0 N–H and O–H groups in total. The molecule has 1 aromatic heterocycles. The topological polar surface area (TPSA) is 63.1 Å². The third-order valence-corrected chi connectivity index (χ3v) is 8.08. The van der Waals surface area contributed by atoms with Crippen molar-refractivity contribution >= 4 is 6.03 Å². The molecule has 5 rings (SSSR count). The second-order valence-corrected chi connectivity index (χ2v) is 10.1. The van der Waals surface area contributed by atoms with Crippen LogP contribution in [-0.4, -0.2) is 69.9 Å². The fourth-order valence-corrected chi connectivity index (χ4v) is 6.39. The summed E-state index contributed by atoms with van der Waals surface area (Å²) in [6.07, 6.45) is 4.17. The molecular formula is C29H43N5O3. The molecular weight excluding hydrogens is 466 g/mol. The van der Waals surface area contributed by atoms with Gasteiger partial charge in [0.15, 0.2) is 0 Å². The van der Waals surface area contributed by atoms with Crippen molar-refractivity contribution in [1.29, 1.82) is 0 Å². The van der Waals surface area contributed by atoms with Gasteiger partial charge in [0.05, 0.1) is 37.7 Å². The third-order valence-electron chi connectivity index (χ3n) is 8.08. The molecule has 2 saturated heterocycles. The highest BCUT2D eigenvalue weighted by molar-refractivity contribution is 5.83. The summed E-state index contributed by atoms with van der Waals surface area (Å²) in [4.78, 5) is 20.4. The SMILES string of the molecule is CC.CCN1C(=O)N2Cc3cc(OC)cc(OC)c3[C@@H](C)C=C2C12CCN(Cc1cc(C)nn1C)CC2. The number of amides is 2. The number of aryl methyl sites for hydroxylation is 2.